The summed E-state index contributed by atoms with van der Waals surface area (Å²) >= 11 is 0. The lowest BCUT2D eigenvalue weighted by atomic mass is 10.2. The van der Waals surface area contributed by atoms with Crippen LogP contribution in [0, 0.1) is 6.92 Å². The Balaban J connectivity index is 1.37. The molecule has 3 heterocycles. The van der Waals surface area contributed by atoms with Crippen molar-refractivity contribution >= 4 is 22.7 Å². The van der Waals surface area contributed by atoms with Crippen molar-refractivity contribution in [2.75, 3.05) is 5.32 Å². The summed E-state index contributed by atoms with van der Waals surface area (Å²) < 4.78 is 10.6. The smallest absolute Gasteiger partial charge is 0.227 e. The molecule has 1 N–H and O–H groups in total. The summed E-state index contributed by atoms with van der Waals surface area (Å²) in [7, 11) is 0. The summed E-state index contributed by atoms with van der Waals surface area (Å²) in [6.07, 6.45) is 2.22. The third kappa shape index (κ3) is 3.44. The third-order valence-corrected chi connectivity index (χ3v) is 3.71. The average Bonchev–Trinajstić information content (AvgIpc) is 3.26. The molecule has 3 aromatic heterocycles. The second-order valence-corrected chi connectivity index (χ2v) is 5.69. The number of nitrogens with one attached hydrogen (secondary N) is 1. The van der Waals surface area contributed by atoms with E-state index in [2.05, 4.69) is 25.4 Å². The SMILES string of the molecule is Cc1nc2cc(NC(=O)CCc3nc(-c4ccccn4)no3)ccc2o1. The number of benzene rings is 1. The molecule has 8 heteroatoms. The fourth-order valence-electron chi connectivity index (χ4n) is 2.52. The van der Waals surface area contributed by atoms with E-state index < -0.39 is 0 Å². The first-order valence-electron chi connectivity index (χ1n) is 8.08. The van der Waals surface area contributed by atoms with Crippen molar-refractivity contribution in [3.63, 3.8) is 0 Å². The molecule has 0 aliphatic carbocycles. The lowest BCUT2D eigenvalue weighted by Crippen LogP contribution is -2.12. The highest BCUT2D eigenvalue weighted by molar-refractivity contribution is 5.92. The van der Waals surface area contributed by atoms with Crippen LogP contribution in [0.15, 0.2) is 51.5 Å². The van der Waals surface area contributed by atoms with E-state index in [1.165, 1.54) is 0 Å². The number of anilines is 1. The molecule has 4 rings (SSSR count). The number of oxazole rings is 1. The molecule has 0 atom stereocenters. The number of amides is 1. The number of rotatable bonds is 5. The maximum atomic E-state index is 12.1. The second kappa shape index (κ2) is 6.75. The summed E-state index contributed by atoms with van der Waals surface area (Å²) in [4.78, 5) is 24.8. The van der Waals surface area contributed by atoms with Crippen LogP contribution in [0.5, 0.6) is 0 Å². The van der Waals surface area contributed by atoms with E-state index in [1.54, 1.807) is 37.4 Å². The van der Waals surface area contributed by atoms with E-state index in [1.807, 2.05) is 12.1 Å². The van der Waals surface area contributed by atoms with E-state index in [-0.39, 0.29) is 12.3 Å². The first kappa shape index (κ1) is 15.9. The molecule has 0 fully saturated rings. The van der Waals surface area contributed by atoms with Crippen molar-refractivity contribution in [1.29, 1.82) is 0 Å². The topological polar surface area (TPSA) is 107 Å². The van der Waals surface area contributed by atoms with Crippen molar-refractivity contribution < 1.29 is 13.7 Å². The third-order valence-electron chi connectivity index (χ3n) is 3.71. The van der Waals surface area contributed by atoms with Crippen molar-refractivity contribution in [1.82, 2.24) is 20.1 Å². The molecule has 130 valence electrons. The molecule has 1 amide bonds. The maximum absolute atomic E-state index is 12.1. The summed E-state index contributed by atoms with van der Waals surface area (Å²) in [5.74, 6) is 1.24. The first-order chi connectivity index (χ1) is 12.7. The van der Waals surface area contributed by atoms with Crippen LogP contribution in [0.4, 0.5) is 5.69 Å². The monoisotopic (exact) mass is 349 g/mol. The highest BCUT2D eigenvalue weighted by Crippen LogP contribution is 2.20. The summed E-state index contributed by atoms with van der Waals surface area (Å²) in [5, 5.41) is 6.72. The van der Waals surface area contributed by atoms with E-state index in [4.69, 9.17) is 8.94 Å². The number of hydrogen-bond donors (Lipinski definition) is 1. The molecular formula is C18H15N5O3. The van der Waals surface area contributed by atoms with Crippen molar-refractivity contribution in [2.45, 2.75) is 19.8 Å². The van der Waals surface area contributed by atoms with Gasteiger partial charge in [-0.15, -0.1) is 0 Å². The minimum atomic E-state index is -0.151. The Morgan fingerprint density at radius 3 is 2.96 bits per heavy atom. The van der Waals surface area contributed by atoms with Gasteiger partial charge in [0, 0.05) is 31.6 Å². The van der Waals surface area contributed by atoms with Gasteiger partial charge in [0.1, 0.15) is 11.2 Å². The van der Waals surface area contributed by atoms with Gasteiger partial charge in [-0.1, -0.05) is 11.2 Å². The maximum Gasteiger partial charge on any atom is 0.227 e. The van der Waals surface area contributed by atoms with Crippen LogP contribution in [0.1, 0.15) is 18.2 Å². The number of nitrogens with zero attached hydrogens (tertiary/aromatic N) is 4. The fraction of sp³-hybridized carbons (Fsp3) is 0.167. The van der Waals surface area contributed by atoms with Gasteiger partial charge in [-0.2, -0.15) is 4.98 Å². The molecule has 0 unspecified atom stereocenters. The van der Waals surface area contributed by atoms with Crippen LogP contribution in [0.25, 0.3) is 22.6 Å². The Hall–Kier alpha value is -3.55. The van der Waals surface area contributed by atoms with Gasteiger partial charge in [0.2, 0.25) is 17.6 Å². The number of aryl methyl sites for hydroxylation is 2. The van der Waals surface area contributed by atoms with Crippen LogP contribution in [-0.2, 0) is 11.2 Å². The molecule has 0 spiro atoms. The van der Waals surface area contributed by atoms with E-state index in [9.17, 15) is 4.79 Å². The number of hydrogen-bond acceptors (Lipinski definition) is 7. The molecule has 8 nitrogen and oxygen atoms in total. The fourth-order valence-corrected chi connectivity index (χ4v) is 2.52. The highest BCUT2D eigenvalue weighted by atomic mass is 16.5. The van der Waals surface area contributed by atoms with E-state index in [0.717, 1.165) is 0 Å². The van der Waals surface area contributed by atoms with Crippen molar-refractivity contribution in [2.24, 2.45) is 0 Å². The van der Waals surface area contributed by atoms with Gasteiger partial charge in [0.05, 0.1) is 0 Å². The van der Waals surface area contributed by atoms with Gasteiger partial charge >= 0.3 is 0 Å². The van der Waals surface area contributed by atoms with Crippen LogP contribution >= 0.6 is 0 Å². The number of fused-ring (bicyclic) bond motifs is 1. The molecule has 0 aliphatic heterocycles. The van der Waals surface area contributed by atoms with E-state index >= 15 is 0 Å². The Morgan fingerprint density at radius 1 is 1.19 bits per heavy atom. The van der Waals surface area contributed by atoms with Crippen LogP contribution in [0.3, 0.4) is 0 Å². The normalized spacial score (nSPS) is 11.0. The lowest BCUT2D eigenvalue weighted by molar-refractivity contribution is -0.116. The standard InChI is InChI=1S/C18H15N5O3/c1-11-20-14-10-12(5-6-15(14)25-11)21-16(24)7-8-17-22-18(23-26-17)13-4-2-3-9-19-13/h2-6,9-10H,7-8H2,1H3,(H,21,24). The largest absolute Gasteiger partial charge is 0.441 e. The Kier molecular flexibility index (Phi) is 4.14. The molecule has 0 aliphatic rings. The molecule has 26 heavy (non-hydrogen) atoms. The quantitative estimate of drug-likeness (QED) is 0.589. The summed E-state index contributed by atoms with van der Waals surface area (Å²) in [6.45, 7) is 1.78. The van der Waals surface area contributed by atoms with Gasteiger partial charge in [0.25, 0.3) is 0 Å². The van der Waals surface area contributed by atoms with Crippen LogP contribution in [-0.4, -0.2) is 26.0 Å². The zero-order valence-corrected chi connectivity index (χ0v) is 14.0. The number of carbonyl (C=O) groups is 1. The molecule has 0 bridgehead atoms. The number of pyridine rings is 1. The van der Waals surface area contributed by atoms with Crippen molar-refractivity contribution in [3.05, 3.63) is 54.4 Å². The number of aromatic nitrogens is 4. The Bertz CT molecular complexity index is 1060. The minimum Gasteiger partial charge on any atom is -0.441 e. The van der Waals surface area contributed by atoms with Crippen molar-refractivity contribution in [3.8, 4) is 11.5 Å². The average molecular weight is 349 g/mol. The second-order valence-electron chi connectivity index (χ2n) is 5.69. The zero-order chi connectivity index (χ0) is 17.9. The Labute approximate surface area is 148 Å². The molecule has 0 saturated heterocycles. The lowest BCUT2D eigenvalue weighted by Gasteiger charge is -2.03. The van der Waals surface area contributed by atoms with Gasteiger partial charge in [-0.3, -0.25) is 9.78 Å². The zero-order valence-electron chi connectivity index (χ0n) is 14.0. The van der Waals surface area contributed by atoms with Gasteiger partial charge < -0.3 is 14.3 Å². The summed E-state index contributed by atoms with van der Waals surface area (Å²) in [5.41, 5.74) is 2.68. The Morgan fingerprint density at radius 2 is 2.12 bits per heavy atom. The highest BCUT2D eigenvalue weighted by Gasteiger charge is 2.12. The van der Waals surface area contributed by atoms with Gasteiger partial charge in [-0.05, 0) is 30.3 Å². The molecule has 4 aromatic rings. The van der Waals surface area contributed by atoms with Crippen LogP contribution in [0.2, 0.25) is 0 Å². The van der Waals surface area contributed by atoms with Gasteiger partial charge in [0.15, 0.2) is 11.5 Å². The molecule has 0 radical (unpaired) electrons. The molecule has 0 saturated carbocycles. The van der Waals surface area contributed by atoms with E-state index in [0.29, 0.717) is 46.5 Å². The minimum absolute atomic E-state index is 0.151. The van der Waals surface area contributed by atoms with Gasteiger partial charge in [-0.25, -0.2) is 4.98 Å². The predicted molar refractivity (Wildman–Crippen MR) is 93.2 cm³/mol. The van der Waals surface area contributed by atoms with Crippen LogP contribution < -0.4 is 5.32 Å². The molecular weight excluding hydrogens is 334 g/mol. The first-order valence-corrected chi connectivity index (χ1v) is 8.08. The molecule has 1 aromatic carbocycles. The summed E-state index contributed by atoms with van der Waals surface area (Å²) in [6, 6.07) is 10.8. The number of carbonyl (C=O) groups excluding carboxylic acids is 1. The predicted octanol–water partition coefficient (Wildman–Crippen LogP) is 3.15.